The van der Waals surface area contributed by atoms with Gasteiger partial charge in [0.15, 0.2) is 0 Å². The SMILES string of the molecule is O=C1NC(SC(c2ccccc2)(c2ccccc2)c2ccccc2)C1C(O)c1cnc2ccccc2n1. The van der Waals surface area contributed by atoms with Gasteiger partial charge in [0.05, 0.1) is 39.0 Å². The number of thioether (sulfide) groups is 1. The average Bonchev–Trinajstić information content (AvgIpc) is 2.96. The third-order valence-electron chi connectivity index (χ3n) is 6.87. The van der Waals surface area contributed by atoms with Crippen LogP contribution in [-0.2, 0) is 9.54 Å². The molecule has 3 atom stereocenters. The number of nitrogens with zero attached hydrogens (tertiary/aromatic N) is 2. The van der Waals surface area contributed by atoms with Crippen LogP contribution < -0.4 is 5.32 Å². The van der Waals surface area contributed by atoms with Crippen molar-refractivity contribution in [3.63, 3.8) is 0 Å². The van der Waals surface area contributed by atoms with Gasteiger partial charge in [-0.3, -0.25) is 9.78 Å². The largest absolute Gasteiger partial charge is 0.386 e. The molecule has 0 saturated carbocycles. The van der Waals surface area contributed by atoms with Crippen LogP contribution in [0.5, 0.6) is 0 Å². The normalized spacial score (nSPS) is 18.1. The molecule has 1 saturated heterocycles. The highest BCUT2D eigenvalue weighted by Gasteiger charge is 2.51. The van der Waals surface area contributed by atoms with Crippen LogP contribution in [-0.4, -0.2) is 26.4 Å². The average molecular weight is 504 g/mol. The molecule has 2 N–H and O–H groups in total. The molecule has 37 heavy (non-hydrogen) atoms. The lowest BCUT2D eigenvalue weighted by Crippen LogP contribution is -2.60. The van der Waals surface area contributed by atoms with E-state index in [0.717, 1.165) is 22.2 Å². The molecule has 2 heterocycles. The van der Waals surface area contributed by atoms with E-state index < -0.39 is 16.8 Å². The molecule has 5 nitrogen and oxygen atoms in total. The Labute approximate surface area is 219 Å². The molecule has 182 valence electrons. The van der Waals surface area contributed by atoms with Crippen LogP contribution in [0.2, 0.25) is 0 Å². The van der Waals surface area contributed by atoms with Gasteiger partial charge in [-0.15, -0.1) is 11.8 Å². The summed E-state index contributed by atoms with van der Waals surface area (Å²) < 4.78 is -0.616. The van der Waals surface area contributed by atoms with Gasteiger partial charge in [0, 0.05) is 0 Å². The number of para-hydroxylation sites is 2. The van der Waals surface area contributed by atoms with Crippen molar-refractivity contribution in [3.8, 4) is 0 Å². The Kier molecular flexibility index (Phi) is 6.20. The van der Waals surface area contributed by atoms with Crippen molar-refractivity contribution in [2.24, 2.45) is 5.92 Å². The number of β-lactam (4-membered cyclic amide) rings is 1. The second-order valence-electron chi connectivity index (χ2n) is 9.08. The number of hydrogen-bond donors (Lipinski definition) is 2. The number of amides is 1. The molecule has 0 aliphatic carbocycles. The Morgan fingerprint density at radius 2 is 1.22 bits per heavy atom. The molecule has 4 aromatic carbocycles. The third kappa shape index (κ3) is 4.18. The Hall–Kier alpha value is -4.00. The third-order valence-corrected chi connectivity index (χ3v) is 8.59. The number of carbonyl (C=O) groups is 1. The number of aliphatic hydroxyl groups excluding tert-OH is 1. The predicted octanol–water partition coefficient (Wildman–Crippen LogP) is 5.46. The molecule has 1 amide bonds. The lowest BCUT2D eigenvalue weighted by Gasteiger charge is -2.45. The lowest BCUT2D eigenvalue weighted by molar-refractivity contribution is -0.138. The molecule has 0 spiro atoms. The highest BCUT2D eigenvalue weighted by Crippen LogP contribution is 2.53. The highest BCUT2D eigenvalue weighted by atomic mass is 32.2. The number of carbonyl (C=O) groups excluding carboxylic acids is 1. The van der Waals surface area contributed by atoms with E-state index >= 15 is 0 Å². The van der Waals surface area contributed by atoms with E-state index in [0.29, 0.717) is 11.2 Å². The number of aromatic nitrogens is 2. The summed E-state index contributed by atoms with van der Waals surface area (Å²) in [5, 5.41) is 14.1. The van der Waals surface area contributed by atoms with Gasteiger partial charge >= 0.3 is 0 Å². The van der Waals surface area contributed by atoms with Crippen molar-refractivity contribution in [1.82, 2.24) is 15.3 Å². The minimum Gasteiger partial charge on any atom is -0.386 e. The van der Waals surface area contributed by atoms with Crippen LogP contribution in [0.1, 0.15) is 28.5 Å². The molecule has 3 unspecified atom stereocenters. The van der Waals surface area contributed by atoms with Crippen LogP contribution in [0.4, 0.5) is 0 Å². The summed E-state index contributed by atoms with van der Waals surface area (Å²) in [6, 6.07) is 38.5. The molecule has 0 bridgehead atoms. The van der Waals surface area contributed by atoms with E-state index in [1.165, 1.54) is 0 Å². The maximum atomic E-state index is 12.9. The second-order valence-corrected chi connectivity index (χ2v) is 10.4. The van der Waals surface area contributed by atoms with E-state index in [2.05, 4.69) is 51.7 Å². The molecule has 0 radical (unpaired) electrons. The molecular weight excluding hydrogens is 478 g/mol. The number of rotatable bonds is 7. The summed E-state index contributed by atoms with van der Waals surface area (Å²) in [6.45, 7) is 0. The molecule has 5 aromatic rings. The molecule has 6 heteroatoms. The number of fused-ring (bicyclic) bond motifs is 1. The smallest absolute Gasteiger partial charge is 0.230 e. The van der Waals surface area contributed by atoms with Gasteiger partial charge < -0.3 is 10.4 Å². The summed E-state index contributed by atoms with van der Waals surface area (Å²) >= 11 is 1.64. The molecule has 1 aromatic heterocycles. The quantitative estimate of drug-likeness (QED) is 0.228. The van der Waals surface area contributed by atoms with Crippen LogP contribution in [0.15, 0.2) is 121 Å². The van der Waals surface area contributed by atoms with Crippen molar-refractivity contribution in [2.75, 3.05) is 0 Å². The van der Waals surface area contributed by atoms with E-state index in [4.69, 9.17) is 0 Å². The van der Waals surface area contributed by atoms with E-state index in [1.807, 2.05) is 78.9 Å². The van der Waals surface area contributed by atoms with Crippen LogP contribution in [0, 0.1) is 5.92 Å². The summed E-state index contributed by atoms with van der Waals surface area (Å²) in [4.78, 5) is 21.9. The molecule has 1 aliphatic heterocycles. The van der Waals surface area contributed by atoms with Crippen molar-refractivity contribution in [1.29, 1.82) is 0 Å². The molecule has 6 rings (SSSR count). The van der Waals surface area contributed by atoms with Gasteiger partial charge in [0.1, 0.15) is 6.10 Å². The van der Waals surface area contributed by atoms with Crippen molar-refractivity contribution in [2.45, 2.75) is 16.2 Å². The zero-order valence-corrected chi connectivity index (χ0v) is 20.8. The number of hydrogen-bond acceptors (Lipinski definition) is 5. The minimum atomic E-state index is -1.08. The summed E-state index contributed by atoms with van der Waals surface area (Å²) in [6.07, 6.45) is 0.488. The molecule has 1 fully saturated rings. The van der Waals surface area contributed by atoms with Crippen molar-refractivity contribution >= 4 is 28.7 Å². The Bertz CT molecular complexity index is 1430. The van der Waals surface area contributed by atoms with E-state index in [-0.39, 0.29) is 11.3 Å². The summed E-state index contributed by atoms with van der Waals surface area (Å²) in [5.74, 6) is -0.862. The van der Waals surface area contributed by atoms with Gasteiger partial charge in [-0.05, 0) is 28.8 Å². The van der Waals surface area contributed by atoms with E-state index in [9.17, 15) is 9.90 Å². The zero-order valence-electron chi connectivity index (χ0n) is 19.9. The monoisotopic (exact) mass is 503 g/mol. The minimum absolute atomic E-state index is 0.192. The fourth-order valence-electron chi connectivity index (χ4n) is 4.99. The maximum absolute atomic E-state index is 12.9. The maximum Gasteiger partial charge on any atom is 0.230 e. The van der Waals surface area contributed by atoms with Crippen molar-refractivity contribution < 1.29 is 9.90 Å². The fraction of sp³-hybridized carbons (Fsp3) is 0.129. The molecule has 1 aliphatic rings. The first-order valence-corrected chi connectivity index (χ1v) is 13.1. The van der Waals surface area contributed by atoms with Gasteiger partial charge in [-0.2, -0.15) is 0 Å². The second kappa shape index (κ2) is 9.81. The lowest BCUT2D eigenvalue weighted by atomic mass is 9.84. The van der Waals surface area contributed by atoms with Crippen LogP contribution in [0.3, 0.4) is 0 Å². The van der Waals surface area contributed by atoms with Gasteiger partial charge in [0.2, 0.25) is 5.91 Å². The fourth-order valence-corrected chi connectivity index (χ4v) is 6.78. The standard InChI is InChI=1S/C31H25N3O2S/c35-28(26-20-32-24-18-10-11-19-25(24)33-26)27-29(36)34-30(27)37-31(21-12-4-1-5-13-21,22-14-6-2-7-15-22)23-16-8-3-9-17-23/h1-20,27-28,30,35H,(H,34,36). The van der Waals surface area contributed by atoms with Crippen LogP contribution >= 0.6 is 11.8 Å². The Morgan fingerprint density at radius 1 is 0.730 bits per heavy atom. The first kappa shape index (κ1) is 23.4. The van der Waals surface area contributed by atoms with E-state index in [1.54, 1.807) is 18.0 Å². The predicted molar refractivity (Wildman–Crippen MR) is 147 cm³/mol. The number of nitrogens with one attached hydrogen (secondary N) is 1. The van der Waals surface area contributed by atoms with Crippen molar-refractivity contribution in [3.05, 3.63) is 144 Å². The van der Waals surface area contributed by atoms with Crippen LogP contribution in [0.25, 0.3) is 11.0 Å². The summed E-state index contributed by atoms with van der Waals surface area (Å²) in [7, 11) is 0. The van der Waals surface area contributed by atoms with Gasteiger partial charge in [0.25, 0.3) is 0 Å². The Balaban J connectivity index is 1.43. The first-order chi connectivity index (χ1) is 18.2. The number of aliphatic hydroxyl groups is 1. The molecular formula is C31H25N3O2S. The van der Waals surface area contributed by atoms with Gasteiger partial charge in [-0.1, -0.05) is 103 Å². The zero-order chi connectivity index (χ0) is 25.2. The number of benzene rings is 4. The van der Waals surface area contributed by atoms with Gasteiger partial charge in [-0.25, -0.2) is 4.98 Å². The highest BCUT2D eigenvalue weighted by molar-refractivity contribution is 8.01. The summed E-state index contributed by atoms with van der Waals surface area (Å²) in [5.41, 5.74) is 5.12. The topological polar surface area (TPSA) is 75.1 Å². The Morgan fingerprint density at radius 3 is 1.73 bits per heavy atom. The first-order valence-electron chi connectivity index (χ1n) is 12.2.